The number of nitrogens with zero attached hydrogens (tertiary/aromatic N) is 1. The first kappa shape index (κ1) is 17.7. The molecule has 1 atom stereocenters. The molecule has 1 amide bonds. The molecule has 0 saturated carbocycles. The van der Waals surface area contributed by atoms with Crippen molar-refractivity contribution in [3.63, 3.8) is 0 Å². The maximum absolute atomic E-state index is 13.9. The first-order chi connectivity index (χ1) is 9.61. The summed E-state index contributed by atoms with van der Waals surface area (Å²) in [5.74, 6) is -1.97. The molecular formula is C12H17ClFN3O3S. The number of nitrogens with two attached hydrogens (primary N) is 1. The molecule has 21 heavy (non-hydrogen) atoms. The van der Waals surface area contributed by atoms with Crippen LogP contribution in [0.15, 0.2) is 17.0 Å². The van der Waals surface area contributed by atoms with Gasteiger partial charge >= 0.3 is 0 Å². The number of hydrogen-bond donors (Lipinski definition) is 2. The zero-order valence-electron chi connectivity index (χ0n) is 11.9. The molecule has 0 heterocycles. The van der Waals surface area contributed by atoms with Crippen molar-refractivity contribution in [1.29, 1.82) is 0 Å². The van der Waals surface area contributed by atoms with Crippen molar-refractivity contribution in [1.82, 2.24) is 9.62 Å². The average molecular weight is 338 g/mol. The lowest BCUT2D eigenvalue weighted by atomic mass is 10.2. The fraction of sp³-hybridized carbons (Fsp3) is 0.417. The monoisotopic (exact) mass is 337 g/mol. The molecule has 0 aliphatic rings. The number of carbonyl (C=O) groups is 1. The lowest BCUT2D eigenvalue weighted by molar-refractivity contribution is -0.124. The predicted octanol–water partition coefficient (Wildman–Crippen LogP) is 1.06. The van der Waals surface area contributed by atoms with Gasteiger partial charge in [0.1, 0.15) is 4.90 Å². The average Bonchev–Trinajstić information content (AvgIpc) is 2.41. The molecule has 0 bridgehead atoms. The SMILES string of the molecule is CNC(=O)C(C)CN(C)S(=O)(=O)c1cc(N)cc(Cl)c1F. The van der Waals surface area contributed by atoms with Crippen LogP contribution in [0.2, 0.25) is 5.02 Å². The number of nitrogen functional groups attached to an aromatic ring is 1. The number of benzene rings is 1. The lowest BCUT2D eigenvalue weighted by Gasteiger charge is -2.21. The second-order valence-electron chi connectivity index (χ2n) is 4.62. The van der Waals surface area contributed by atoms with E-state index in [4.69, 9.17) is 17.3 Å². The summed E-state index contributed by atoms with van der Waals surface area (Å²) >= 11 is 5.61. The Morgan fingerprint density at radius 2 is 2.10 bits per heavy atom. The van der Waals surface area contributed by atoms with E-state index in [-0.39, 0.29) is 23.2 Å². The van der Waals surface area contributed by atoms with Crippen molar-refractivity contribution in [3.05, 3.63) is 23.0 Å². The number of amides is 1. The minimum atomic E-state index is -4.14. The van der Waals surface area contributed by atoms with E-state index in [1.54, 1.807) is 6.92 Å². The van der Waals surface area contributed by atoms with Crippen molar-refractivity contribution < 1.29 is 17.6 Å². The van der Waals surface area contributed by atoms with E-state index >= 15 is 0 Å². The molecule has 9 heteroatoms. The third kappa shape index (κ3) is 3.84. The topological polar surface area (TPSA) is 92.5 Å². The Hall–Kier alpha value is -1.38. The summed E-state index contributed by atoms with van der Waals surface area (Å²) in [5.41, 5.74) is 5.53. The molecule has 0 fully saturated rings. The summed E-state index contributed by atoms with van der Waals surface area (Å²) in [6.45, 7) is 1.46. The molecule has 0 spiro atoms. The number of sulfonamides is 1. The van der Waals surface area contributed by atoms with Gasteiger partial charge in [-0.3, -0.25) is 4.79 Å². The van der Waals surface area contributed by atoms with E-state index in [1.165, 1.54) is 14.1 Å². The predicted molar refractivity (Wildman–Crippen MR) is 78.9 cm³/mol. The maximum Gasteiger partial charge on any atom is 0.245 e. The van der Waals surface area contributed by atoms with Gasteiger partial charge in [-0.25, -0.2) is 17.1 Å². The van der Waals surface area contributed by atoms with Crippen LogP contribution in [0.3, 0.4) is 0 Å². The lowest BCUT2D eigenvalue weighted by Crippen LogP contribution is -2.37. The van der Waals surface area contributed by atoms with E-state index < -0.39 is 26.7 Å². The van der Waals surface area contributed by atoms with Crippen molar-refractivity contribution in [2.75, 3.05) is 26.4 Å². The molecule has 1 rings (SSSR count). The van der Waals surface area contributed by atoms with Crippen molar-refractivity contribution in [2.24, 2.45) is 5.92 Å². The van der Waals surface area contributed by atoms with E-state index in [9.17, 15) is 17.6 Å². The Morgan fingerprint density at radius 3 is 2.62 bits per heavy atom. The van der Waals surface area contributed by atoms with Crippen LogP contribution in [0.5, 0.6) is 0 Å². The highest BCUT2D eigenvalue weighted by Gasteiger charge is 2.28. The zero-order valence-corrected chi connectivity index (χ0v) is 13.4. The smallest absolute Gasteiger partial charge is 0.245 e. The zero-order chi connectivity index (χ0) is 16.4. The summed E-state index contributed by atoms with van der Waals surface area (Å²) in [6, 6.07) is 2.13. The first-order valence-electron chi connectivity index (χ1n) is 6.03. The van der Waals surface area contributed by atoms with Gasteiger partial charge in [0.2, 0.25) is 15.9 Å². The number of carbonyl (C=O) groups excluding carboxylic acids is 1. The van der Waals surface area contributed by atoms with Gasteiger partial charge in [0.05, 0.1) is 5.02 Å². The van der Waals surface area contributed by atoms with Gasteiger partial charge in [0, 0.05) is 32.2 Å². The number of hydrogen-bond acceptors (Lipinski definition) is 4. The third-order valence-corrected chi connectivity index (χ3v) is 5.03. The highest BCUT2D eigenvalue weighted by molar-refractivity contribution is 7.89. The molecule has 1 unspecified atom stereocenters. The summed E-state index contributed by atoms with van der Waals surface area (Å²) in [6.07, 6.45) is 0. The number of halogens is 2. The molecule has 0 saturated heterocycles. The Bertz CT molecular complexity index is 651. The largest absolute Gasteiger partial charge is 0.399 e. The quantitative estimate of drug-likeness (QED) is 0.786. The number of nitrogens with one attached hydrogen (secondary N) is 1. The Morgan fingerprint density at radius 1 is 1.52 bits per heavy atom. The highest BCUT2D eigenvalue weighted by atomic mass is 35.5. The Kier molecular flexibility index (Phi) is 5.54. The summed E-state index contributed by atoms with van der Waals surface area (Å²) in [4.78, 5) is 10.8. The van der Waals surface area contributed by atoms with Gasteiger partial charge < -0.3 is 11.1 Å². The standard InChI is InChI=1S/C12H17ClFN3O3S/c1-7(12(18)16-2)6-17(3)21(19,20)10-5-8(15)4-9(13)11(10)14/h4-5,7H,6,15H2,1-3H3,(H,16,18). The molecule has 3 N–H and O–H groups in total. The molecule has 0 aromatic heterocycles. The third-order valence-electron chi connectivity index (χ3n) is 2.93. The molecular weight excluding hydrogens is 321 g/mol. The van der Waals surface area contributed by atoms with E-state index in [2.05, 4.69) is 5.32 Å². The number of anilines is 1. The van der Waals surface area contributed by atoms with Crippen molar-refractivity contribution in [2.45, 2.75) is 11.8 Å². The minimum absolute atomic E-state index is 0.0349. The van der Waals surface area contributed by atoms with Crippen LogP contribution in [-0.2, 0) is 14.8 Å². The van der Waals surface area contributed by atoms with E-state index in [0.717, 1.165) is 16.4 Å². The summed E-state index contributed by atoms with van der Waals surface area (Å²) < 4.78 is 39.5. The van der Waals surface area contributed by atoms with Gasteiger partial charge in [-0.2, -0.15) is 0 Å². The van der Waals surface area contributed by atoms with E-state index in [0.29, 0.717) is 0 Å². The van der Waals surface area contributed by atoms with E-state index in [1.807, 2.05) is 0 Å². The maximum atomic E-state index is 13.9. The molecule has 6 nitrogen and oxygen atoms in total. The first-order valence-corrected chi connectivity index (χ1v) is 7.85. The highest BCUT2D eigenvalue weighted by Crippen LogP contribution is 2.27. The Labute approximate surface area is 128 Å². The summed E-state index contributed by atoms with van der Waals surface area (Å²) in [7, 11) is -1.43. The second kappa shape index (κ2) is 6.59. The van der Waals surface area contributed by atoms with Gasteiger partial charge in [0.25, 0.3) is 0 Å². The molecule has 0 aliphatic carbocycles. The van der Waals surface area contributed by atoms with Crippen LogP contribution in [-0.4, -0.2) is 39.3 Å². The van der Waals surface area contributed by atoms with Crippen LogP contribution >= 0.6 is 11.6 Å². The van der Waals surface area contributed by atoms with Gasteiger partial charge in [0.15, 0.2) is 5.82 Å². The fourth-order valence-electron chi connectivity index (χ4n) is 1.75. The number of rotatable bonds is 5. The summed E-state index contributed by atoms with van der Waals surface area (Å²) in [5, 5.41) is 2.04. The second-order valence-corrected chi connectivity index (χ2v) is 7.04. The normalized spacial score (nSPS) is 13.2. The van der Waals surface area contributed by atoms with Gasteiger partial charge in [-0.15, -0.1) is 0 Å². The van der Waals surface area contributed by atoms with Crippen LogP contribution in [0.25, 0.3) is 0 Å². The van der Waals surface area contributed by atoms with Crippen LogP contribution in [0, 0.1) is 11.7 Å². The van der Waals surface area contributed by atoms with Crippen molar-refractivity contribution >= 4 is 33.2 Å². The van der Waals surface area contributed by atoms with Crippen LogP contribution < -0.4 is 11.1 Å². The molecule has 0 radical (unpaired) electrons. The van der Waals surface area contributed by atoms with Gasteiger partial charge in [-0.05, 0) is 12.1 Å². The Balaban J connectivity index is 3.14. The van der Waals surface area contributed by atoms with Crippen LogP contribution in [0.1, 0.15) is 6.92 Å². The van der Waals surface area contributed by atoms with Crippen LogP contribution in [0.4, 0.5) is 10.1 Å². The molecule has 1 aromatic rings. The molecule has 1 aromatic carbocycles. The molecule has 118 valence electrons. The molecule has 0 aliphatic heterocycles. The van der Waals surface area contributed by atoms with Crippen molar-refractivity contribution in [3.8, 4) is 0 Å². The minimum Gasteiger partial charge on any atom is -0.399 e. The fourth-order valence-corrected chi connectivity index (χ4v) is 3.41. The van der Waals surface area contributed by atoms with Gasteiger partial charge in [-0.1, -0.05) is 18.5 Å².